The number of aromatic nitrogens is 1. The molecular formula is C13H13ClN2O2S. The number of anilines is 1. The molecule has 2 aromatic rings. The molecule has 0 amide bonds. The second-order valence-electron chi connectivity index (χ2n) is 4.17. The maximum absolute atomic E-state index is 6.22. The predicted molar refractivity (Wildman–Crippen MR) is 76.6 cm³/mol. The van der Waals surface area contributed by atoms with Gasteiger partial charge in [0.2, 0.25) is 0 Å². The number of halogens is 1. The van der Waals surface area contributed by atoms with E-state index in [2.05, 4.69) is 10.3 Å². The number of aryl methyl sites for hydroxylation is 1. The minimum absolute atomic E-state index is 0.566. The van der Waals surface area contributed by atoms with Gasteiger partial charge in [-0.15, -0.1) is 11.3 Å². The molecule has 1 aromatic carbocycles. The molecule has 1 N–H and O–H groups in total. The van der Waals surface area contributed by atoms with Crippen molar-refractivity contribution in [3.05, 3.63) is 33.2 Å². The van der Waals surface area contributed by atoms with Gasteiger partial charge >= 0.3 is 0 Å². The van der Waals surface area contributed by atoms with Gasteiger partial charge in [0.15, 0.2) is 11.5 Å². The van der Waals surface area contributed by atoms with E-state index in [0.717, 1.165) is 16.4 Å². The molecule has 1 aromatic heterocycles. The van der Waals surface area contributed by atoms with Crippen LogP contribution in [0.1, 0.15) is 9.88 Å². The molecule has 0 bridgehead atoms. The molecule has 100 valence electrons. The zero-order valence-corrected chi connectivity index (χ0v) is 12.0. The van der Waals surface area contributed by atoms with E-state index in [4.69, 9.17) is 21.1 Å². The van der Waals surface area contributed by atoms with E-state index in [1.165, 1.54) is 4.88 Å². The zero-order chi connectivity index (χ0) is 13.2. The van der Waals surface area contributed by atoms with Crippen LogP contribution >= 0.6 is 22.9 Å². The predicted octanol–water partition coefficient (Wildman–Crippen LogP) is 3.49. The summed E-state index contributed by atoms with van der Waals surface area (Å²) in [6.45, 7) is 3.83. The number of rotatable bonds is 3. The molecule has 19 heavy (non-hydrogen) atoms. The fourth-order valence-corrected chi connectivity index (χ4v) is 2.82. The summed E-state index contributed by atoms with van der Waals surface area (Å²) in [6, 6.07) is 3.67. The van der Waals surface area contributed by atoms with Crippen LogP contribution in [-0.2, 0) is 6.54 Å². The summed E-state index contributed by atoms with van der Waals surface area (Å²) in [5, 5.41) is 4.99. The van der Waals surface area contributed by atoms with Gasteiger partial charge in [-0.3, -0.25) is 0 Å². The number of ether oxygens (including phenoxy) is 2. The topological polar surface area (TPSA) is 43.4 Å². The summed E-state index contributed by atoms with van der Waals surface area (Å²) in [7, 11) is 0. The third kappa shape index (κ3) is 2.77. The van der Waals surface area contributed by atoms with E-state index >= 15 is 0 Å². The molecule has 0 unspecified atom stereocenters. The van der Waals surface area contributed by atoms with Gasteiger partial charge in [0.1, 0.15) is 13.2 Å². The molecule has 2 heterocycles. The fourth-order valence-electron chi connectivity index (χ4n) is 1.87. The normalized spacial score (nSPS) is 13.4. The molecule has 0 spiro atoms. The Hall–Kier alpha value is -1.46. The lowest BCUT2D eigenvalue weighted by molar-refractivity contribution is 0.171. The highest BCUT2D eigenvalue weighted by Gasteiger charge is 2.15. The largest absolute Gasteiger partial charge is 0.486 e. The second kappa shape index (κ2) is 5.27. The van der Waals surface area contributed by atoms with Crippen molar-refractivity contribution in [2.75, 3.05) is 18.5 Å². The highest BCUT2D eigenvalue weighted by atomic mass is 35.5. The van der Waals surface area contributed by atoms with Crippen LogP contribution < -0.4 is 14.8 Å². The quantitative estimate of drug-likeness (QED) is 0.941. The first-order chi connectivity index (χ1) is 9.22. The first kappa shape index (κ1) is 12.6. The van der Waals surface area contributed by atoms with Crippen LogP contribution in [0, 0.1) is 6.92 Å². The van der Waals surface area contributed by atoms with Gasteiger partial charge in [-0.05, 0) is 6.92 Å². The van der Waals surface area contributed by atoms with Gasteiger partial charge in [0, 0.05) is 23.2 Å². The van der Waals surface area contributed by atoms with Crippen LogP contribution in [0.15, 0.2) is 18.3 Å². The molecule has 4 nitrogen and oxygen atoms in total. The fraction of sp³-hybridized carbons (Fsp3) is 0.308. The average Bonchev–Trinajstić information content (AvgIpc) is 2.82. The molecule has 0 radical (unpaired) electrons. The third-order valence-electron chi connectivity index (χ3n) is 2.75. The molecule has 0 saturated carbocycles. The Labute approximate surface area is 120 Å². The van der Waals surface area contributed by atoms with Crippen LogP contribution in [0.5, 0.6) is 11.5 Å². The van der Waals surface area contributed by atoms with Crippen molar-refractivity contribution in [2.45, 2.75) is 13.5 Å². The second-order valence-corrected chi connectivity index (χ2v) is 5.90. The Morgan fingerprint density at radius 3 is 2.74 bits per heavy atom. The van der Waals surface area contributed by atoms with Gasteiger partial charge < -0.3 is 14.8 Å². The van der Waals surface area contributed by atoms with Gasteiger partial charge in [-0.25, -0.2) is 4.98 Å². The minimum atomic E-state index is 0.566. The van der Waals surface area contributed by atoms with Crippen molar-refractivity contribution < 1.29 is 9.47 Å². The van der Waals surface area contributed by atoms with Gasteiger partial charge in [-0.1, -0.05) is 11.6 Å². The highest BCUT2D eigenvalue weighted by molar-refractivity contribution is 7.11. The molecule has 0 fully saturated rings. The number of nitrogens with one attached hydrogen (secondary N) is 1. The molecule has 0 aliphatic carbocycles. The van der Waals surface area contributed by atoms with Crippen LogP contribution in [0.4, 0.5) is 5.69 Å². The monoisotopic (exact) mass is 296 g/mol. The Kier molecular flexibility index (Phi) is 3.48. The maximum Gasteiger partial charge on any atom is 0.163 e. The maximum atomic E-state index is 6.22. The summed E-state index contributed by atoms with van der Waals surface area (Å²) < 4.78 is 11.0. The van der Waals surface area contributed by atoms with E-state index < -0.39 is 0 Å². The van der Waals surface area contributed by atoms with Gasteiger partial charge in [0.05, 0.1) is 22.3 Å². The van der Waals surface area contributed by atoms with Gasteiger partial charge in [0.25, 0.3) is 0 Å². The van der Waals surface area contributed by atoms with Crippen molar-refractivity contribution in [1.29, 1.82) is 0 Å². The first-order valence-electron chi connectivity index (χ1n) is 5.97. The minimum Gasteiger partial charge on any atom is -0.486 e. The Morgan fingerprint density at radius 1 is 1.32 bits per heavy atom. The standard InChI is InChI=1S/C13H13ClN2O2S/c1-8-15-6-9(19-8)7-16-11-5-13-12(4-10(11)14)17-2-3-18-13/h4-6,16H,2-3,7H2,1H3. The van der Waals surface area contributed by atoms with E-state index in [1.807, 2.05) is 19.2 Å². The average molecular weight is 297 g/mol. The van der Waals surface area contributed by atoms with Crippen LogP contribution in [-0.4, -0.2) is 18.2 Å². The third-order valence-corrected chi connectivity index (χ3v) is 3.98. The van der Waals surface area contributed by atoms with Crippen LogP contribution in [0.2, 0.25) is 5.02 Å². The summed E-state index contributed by atoms with van der Waals surface area (Å²) in [4.78, 5) is 5.39. The van der Waals surface area contributed by atoms with E-state index in [-0.39, 0.29) is 0 Å². The smallest absolute Gasteiger partial charge is 0.163 e. The molecule has 6 heteroatoms. The summed E-state index contributed by atoms with van der Waals surface area (Å²) in [5.41, 5.74) is 0.844. The lowest BCUT2D eigenvalue weighted by Gasteiger charge is -2.20. The highest BCUT2D eigenvalue weighted by Crippen LogP contribution is 2.38. The zero-order valence-electron chi connectivity index (χ0n) is 10.4. The summed E-state index contributed by atoms with van der Waals surface area (Å²) in [5.74, 6) is 1.44. The molecular weight excluding hydrogens is 284 g/mol. The van der Waals surface area contributed by atoms with E-state index in [9.17, 15) is 0 Å². The first-order valence-corrected chi connectivity index (χ1v) is 7.16. The molecule has 1 aliphatic heterocycles. The Balaban J connectivity index is 1.77. The molecule has 3 rings (SSSR count). The summed E-state index contributed by atoms with van der Waals surface area (Å²) >= 11 is 7.89. The number of hydrogen-bond donors (Lipinski definition) is 1. The number of hydrogen-bond acceptors (Lipinski definition) is 5. The van der Waals surface area contributed by atoms with E-state index in [1.54, 1.807) is 17.4 Å². The lowest BCUT2D eigenvalue weighted by atomic mass is 10.2. The summed E-state index contributed by atoms with van der Waals surface area (Å²) in [6.07, 6.45) is 1.87. The molecule has 0 saturated heterocycles. The van der Waals surface area contributed by atoms with E-state index in [0.29, 0.717) is 30.5 Å². The van der Waals surface area contributed by atoms with Crippen molar-refractivity contribution in [3.8, 4) is 11.5 Å². The molecule has 0 atom stereocenters. The Morgan fingerprint density at radius 2 is 2.05 bits per heavy atom. The van der Waals surface area contributed by atoms with Crippen molar-refractivity contribution >= 4 is 28.6 Å². The molecule has 1 aliphatic rings. The van der Waals surface area contributed by atoms with Crippen molar-refractivity contribution in [1.82, 2.24) is 4.98 Å². The number of fused-ring (bicyclic) bond motifs is 1. The SMILES string of the molecule is Cc1ncc(CNc2cc3c(cc2Cl)OCCO3)s1. The Bertz CT molecular complexity index is 600. The van der Waals surface area contributed by atoms with Crippen molar-refractivity contribution in [3.63, 3.8) is 0 Å². The van der Waals surface area contributed by atoms with Gasteiger partial charge in [-0.2, -0.15) is 0 Å². The van der Waals surface area contributed by atoms with Crippen LogP contribution in [0.25, 0.3) is 0 Å². The number of thiazole rings is 1. The number of benzene rings is 1. The van der Waals surface area contributed by atoms with Crippen molar-refractivity contribution in [2.24, 2.45) is 0 Å². The lowest BCUT2D eigenvalue weighted by Crippen LogP contribution is -2.15. The number of nitrogens with zero attached hydrogens (tertiary/aromatic N) is 1. The van der Waals surface area contributed by atoms with Crippen LogP contribution in [0.3, 0.4) is 0 Å².